The van der Waals surface area contributed by atoms with Crippen LogP contribution in [0.1, 0.15) is 40.2 Å². The number of hydrogen-bond acceptors (Lipinski definition) is 4. The van der Waals surface area contributed by atoms with Crippen LogP contribution in [0.2, 0.25) is 0 Å². The van der Waals surface area contributed by atoms with Gasteiger partial charge in [-0.25, -0.2) is 8.42 Å². The Bertz CT molecular complexity index is 911. The van der Waals surface area contributed by atoms with E-state index in [-0.39, 0.29) is 5.91 Å². The minimum Gasteiger partial charge on any atom is -0.348 e. The molecule has 8 heteroatoms. The molecule has 0 unspecified atom stereocenters. The Morgan fingerprint density at radius 1 is 1.15 bits per heavy atom. The summed E-state index contributed by atoms with van der Waals surface area (Å²) in [7, 11) is -1.60. The van der Waals surface area contributed by atoms with Crippen molar-refractivity contribution in [1.29, 1.82) is 0 Å². The van der Waals surface area contributed by atoms with Crippen LogP contribution >= 0.6 is 0 Å². The van der Waals surface area contributed by atoms with Crippen LogP contribution in [0, 0.1) is 13.8 Å². The lowest BCUT2D eigenvalue weighted by Gasteiger charge is -2.15. The van der Waals surface area contributed by atoms with Crippen LogP contribution in [0.3, 0.4) is 0 Å². The second-order valence-electron chi connectivity index (χ2n) is 6.61. The molecule has 1 saturated heterocycles. The predicted molar refractivity (Wildman–Crippen MR) is 98.3 cm³/mol. The molecule has 1 aliphatic heterocycles. The monoisotopic (exact) mass is 376 g/mol. The summed E-state index contributed by atoms with van der Waals surface area (Å²) < 4.78 is 28.3. The number of aryl methyl sites for hydroxylation is 2. The smallest absolute Gasteiger partial charge is 0.255 e. The molecule has 1 aromatic heterocycles. The SMILES string of the molecule is Cc1nn(C)c(C)c1C(=O)NCc1ccc(S(=O)(=O)N2CCCC2)cc1. The molecule has 2 aromatic rings. The molecule has 140 valence electrons. The second kappa shape index (κ2) is 7.20. The Hall–Kier alpha value is -2.19. The first-order valence-corrected chi connectivity index (χ1v) is 10.1. The van der Waals surface area contributed by atoms with E-state index in [9.17, 15) is 13.2 Å². The van der Waals surface area contributed by atoms with Crippen LogP contribution < -0.4 is 5.32 Å². The van der Waals surface area contributed by atoms with E-state index in [1.54, 1.807) is 42.9 Å². The Morgan fingerprint density at radius 2 is 1.77 bits per heavy atom. The molecule has 7 nitrogen and oxygen atoms in total. The fourth-order valence-corrected chi connectivity index (χ4v) is 4.75. The van der Waals surface area contributed by atoms with Gasteiger partial charge < -0.3 is 5.32 Å². The highest BCUT2D eigenvalue weighted by Crippen LogP contribution is 2.21. The van der Waals surface area contributed by atoms with Gasteiger partial charge >= 0.3 is 0 Å². The number of amides is 1. The van der Waals surface area contributed by atoms with E-state index in [1.165, 1.54) is 4.31 Å². The van der Waals surface area contributed by atoms with Crippen molar-refractivity contribution in [3.63, 3.8) is 0 Å². The van der Waals surface area contributed by atoms with E-state index in [4.69, 9.17) is 0 Å². The molecule has 1 N–H and O–H groups in total. The molecule has 1 aliphatic rings. The fourth-order valence-electron chi connectivity index (χ4n) is 3.23. The van der Waals surface area contributed by atoms with Crippen molar-refractivity contribution >= 4 is 15.9 Å². The quantitative estimate of drug-likeness (QED) is 0.862. The summed E-state index contributed by atoms with van der Waals surface area (Å²) in [6, 6.07) is 6.70. The van der Waals surface area contributed by atoms with Gasteiger partial charge in [0, 0.05) is 32.4 Å². The summed E-state index contributed by atoms with van der Waals surface area (Å²) >= 11 is 0. The van der Waals surface area contributed by atoms with Gasteiger partial charge in [0.15, 0.2) is 0 Å². The number of nitrogens with zero attached hydrogens (tertiary/aromatic N) is 3. The van der Waals surface area contributed by atoms with E-state index in [0.29, 0.717) is 35.8 Å². The summed E-state index contributed by atoms with van der Waals surface area (Å²) in [5, 5.41) is 7.12. The maximum Gasteiger partial charge on any atom is 0.255 e. The Balaban J connectivity index is 1.67. The Kier molecular flexibility index (Phi) is 5.15. The molecule has 2 heterocycles. The highest BCUT2D eigenvalue weighted by Gasteiger charge is 2.26. The van der Waals surface area contributed by atoms with Crippen LogP contribution in [0.25, 0.3) is 0 Å². The van der Waals surface area contributed by atoms with Gasteiger partial charge in [-0.2, -0.15) is 9.40 Å². The number of nitrogens with one attached hydrogen (secondary N) is 1. The average molecular weight is 376 g/mol. The van der Waals surface area contributed by atoms with Crippen molar-refractivity contribution in [2.24, 2.45) is 7.05 Å². The van der Waals surface area contributed by atoms with Gasteiger partial charge in [0.25, 0.3) is 5.91 Å². The summed E-state index contributed by atoms with van der Waals surface area (Å²) in [6.07, 6.45) is 1.83. The topological polar surface area (TPSA) is 84.3 Å². The lowest BCUT2D eigenvalue weighted by Crippen LogP contribution is -2.28. The van der Waals surface area contributed by atoms with Crippen molar-refractivity contribution in [3.05, 3.63) is 46.8 Å². The van der Waals surface area contributed by atoms with Crippen molar-refractivity contribution in [2.75, 3.05) is 13.1 Å². The molecule has 0 atom stereocenters. The maximum atomic E-state index is 12.5. The van der Waals surface area contributed by atoms with Crippen molar-refractivity contribution < 1.29 is 13.2 Å². The zero-order valence-corrected chi connectivity index (χ0v) is 16.1. The molecule has 1 amide bonds. The van der Waals surface area contributed by atoms with Crippen molar-refractivity contribution in [3.8, 4) is 0 Å². The average Bonchev–Trinajstić information content (AvgIpc) is 3.23. The van der Waals surface area contributed by atoms with E-state index < -0.39 is 10.0 Å². The number of carbonyl (C=O) groups excluding carboxylic acids is 1. The van der Waals surface area contributed by atoms with Crippen molar-refractivity contribution in [1.82, 2.24) is 19.4 Å². The van der Waals surface area contributed by atoms with Gasteiger partial charge in [-0.05, 0) is 44.4 Å². The minimum absolute atomic E-state index is 0.179. The zero-order valence-electron chi connectivity index (χ0n) is 15.3. The van der Waals surface area contributed by atoms with Gasteiger partial charge in [0.1, 0.15) is 0 Å². The fraction of sp³-hybridized carbons (Fsp3) is 0.444. The first-order valence-electron chi connectivity index (χ1n) is 8.68. The van der Waals surface area contributed by atoms with Crippen LogP contribution in [-0.4, -0.2) is 41.5 Å². The molecule has 3 rings (SSSR count). The standard InChI is InChI=1S/C18H24N4O3S/c1-13-17(14(2)21(3)20-13)18(23)19-12-15-6-8-16(9-7-15)26(24,25)22-10-4-5-11-22/h6-9H,4-5,10-12H2,1-3H3,(H,19,23). The van der Waals surface area contributed by atoms with E-state index in [0.717, 1.165) is 24.1 Å². The summed E-state index contributed by atoms with van der Waals surface area (Å²) in [4.78, 5) is 12.7. The third-order valence-corrected chi connectivity index (χ3v) is 6.73. The summed E-state index contributed by atoms with van der Waals surface area (Å²) in [6.45, 7) is 5.16. The van der Waals surface area contributed by atoms with Crippen molar-refractivity contribution in [2.45, 2.75) is 38.1 Å². The van der Waals surface area contributed by atoms with Gasteiger partial charge in [0.05, 0.1) is 16.2 Å². The predicted octanol–water partition coefficient (Wildman–Crippen LogP) is 1.75. The number of rotatable bonds is 5. The molecular formula is C18H24N4O3S. The van der Waals surface area contributed by atoms with E-state index in [2.05, 4.69) is 10.4 Å². The van der Waals surface area contributed by atoms with E-state index >= 15 is 0 Å². The van der Waals surface area contributed by atoms with Gasteiger partial charge in [0.2, 0.25) is 10.0 Å². The van der Waals surface area contributed by atoms with Crippen LogP contribution in [-0.2, 0) is 23.6 Å². The lowest BCUT2D eigenvalue weighted by atomic mass is 10.1. The highest BCUT2D eigenvalue weighted by molar-refractivity contribution is 7.89. The Morgan fingerprint density at radius 3 is 2.31 bits per heavy atom. The third kappa shape index (κ3) is 3.52. The highest BCUT2D eigenvalue weighted by atomic mass is 32.2. The molecular weight excluding hydrogens is 352 g/mol. The van der Waals surface area contributed by atoms with Crippen LogP contribution in [0.4, 0.5) is 0 Å². The molecule has 0 saturated carbocycles. The first kappa shape index (κ1) is 18.6. The normalized spacial score (nSPS) is 15.3. The lowest BCUT2D eigenvalue weighted by molar-refractivity contribution is 0.0949. The minimum atomic E-state index is -3.40. The van der Waals surface area contributed by atoms with E-state index in [1.807, 2.05) is 6.92 Å². The molecule has 0 spiro atoms. The number of hydrogen-bond donors (Lipinski definition) is 1. The molecule has 0 radical (unpaired) electrons. The molecule has 1 aromatic carbocycles. The summed E-state index contributed by atoms with van der Waals surface area (Å²) in [5.41, 5.74) is 2.93. The number of sulfonamides is 1. The first-order chi connectivity index (χ1) is 12.3. The number of benzene rings is 1. The molecule has 26 heavy (non-hydrogen) atoms. The van der Waals surface area contributed by atoms with Crippen LogP contribution in [0.5, 0.6) is 0 Å². The molecule has 1 fully saturated rings. The van der Waals surface area contributed by atoms with Crippen LogP contribution in [0.15, 0.2) is 29.2 Å². The maximum absolute atomic E-state index is 12.5. The molecule has 0 bridgehead atoms. The summed E-state index contributed by atoms with van der Waals surface area (Å²) in [5.74, 6) is -0.179. The third-order valence-electron chi connectivity index (χ3n) is 4.82. The zero-order chi connectivity index (χ0) is 18.9. The number of aromatic nitrogens is 2. The Labute approximate surface area is 154 Å². The van der Waals surface area contributed by atoms with Gasteiger partial charge in [-0.3, -0.25) is 9.48 Å². The van der Waals surface area contributed by atoms with Gasteiger partial charge in [-0.15, -0.1) is 0 Å². The largest absolute Gasteiger partial charge is 0.348 e. The number of carbonyl (C=O) groups is 1. The molecule has 0 aliphatic carbocycles. The van der Waals surface area contributed by atoms with Gasteiger partial charge in [-0.1, -0.05) is 12.1 Å². The second-order valence-corrected chi connectivity index (χ2v) is 8.55.